The average molecular weight is 463 g/mol. The second-order valence-corrected chi connectivity index (χ2v) is 8.01. The molecule has 1 aromatic carbocycles. The zero-order valence-electron chi connectivity index (χ0n) is 19.7. The highest BCUT2D eigenvalue weighted by Gasteiger charge is 2.22. The third-order valence-electron chi connectivity index (χ3n) is 5.63. The number of anilines is 2. The minimum atomic E-state index is -0.503. The Kier molecular flexibility index (Phi) is 6.22. The fraction of sp³-hybridized carbons (Fsp3) is 0.250. The van der Waals surface area contributed by atoms with E-state index in [-0.39, 0.29) is 23.7 Å². The summed E-state index contributed by atoms with van der Waals surface area (Å²) in [7, 11) is 3.40. The van der Waals surface area contributed by atoms with E-state index in [1.54, 1.807) is 37.1 Å². The maximum atomic E-state index is 12.9. The lowest BCUT2D eigenvalue weighted by atomic mass is 10.1. The molecule has 176 valence electrons. The molecule has 2 amide bonds. The molecule has 0 saturated carbocycles. The van der Waals surface area contributed by atoms with Crippen LogP contribution in [0.25, 0.3) is 0 Å². The number of rotatable bonds is 7. The van der Waals surface area contributed by atoms with Crippen LogP contribution in [0.1, 0.15) is 43.6 Å². The number of hydrogen-bond donors (Lipinski definition) is 2. The SMILES string of the molecule is Cc1ccc(OCc2ccc(C(=O)Nc3cnn(C)c3C(=O)Nc3cnn(C)c3C)o2)cc1C. The second kappa shape index (κ2) is 9.26. The summed E-state index contributed by atoms with van der Waals surface area (Å²) in [5.74, 6) is 0.391. The summed E-state index contributed by atoms with van der Waals surface area (Å²) in [6.45, 7) is 6.07. The van der Waals surface area contributed by atoms with E-state index >= 15 is 0 Å². The molecule has 0 aliphatic rings. The molecule has 0 unspecified atom stereocenters. The van der Waals surface area contributed by atoms with Gasteiger partial charge >= 0.3 is 0 Å². The number of nitrogens with one attached hydrogen (secondary N) is 2. The Labute approximate surface area is 196 Å². The Morgan fingerprint density at radius 3 is 2.32 bits per heavy atom. The van der Waals surface area contributed by atoms with Gasteiger partial charge in [0.1, 0.15) is 23.8 Å². The minimum Gasteiger partial charge on any atom is -0.486 e. The van der Waals surface area contributed by atoms with E-state index in [9.17, 15) is 9.59 Å². The topological polar surface area (TPSA) is 116 Å². The number of furan rings is 1. The minimum absolute atomic E-state index is 0.0944. The third-order valence-corrected chi connectivity index (χ3v) is 5.63. The molecular weight excluding hydrogens is 436 g/mol. The van der Waals surface area contributed by atoms with Crippen LogP contribution in [-0.4, -0.2) is 31.4 Å². The lowest BCUT2D eigenvalue weighted by Gasteiger charge is -2.08. The molecule has 4 rings (SSSR count). The predicted octanol–water partition coefficient (Wildman–Crippen LogP) is 3.76. The van der Waals surface area contributed by atoms with Crippen LogP contribution >= 0.6 is 0 Å². The van der Waals surface area contributed by atoms with Gasteiger partial charge in [0.25, 0.3) is 11.8 Å². The molecule has 3 heterocycles. The Morgan fingerprint density at radius 2 is 1.62 bits per heavy atom. The molecule has 0 radical (unpaired) electrons. The van der Waals surface area contributed by atoms with Crippen molar-refractivity contribution in [2.75, 3.05) is 10.6 Å². The summed E-state index contributed by atoms with van der Waals surface area (Å²) in [6, 6.07) is 9.07. The van der Waals surface area contributed by atoms with Gasteiger partial charge in [0.15, 0.2) is 5.76 Å². The number of amides is 2. The standard InChI is InChI=1S/C24H26N6O4/c1-14-6-7-17(10-15(14)2)33-13-18-8-9-21(34-18)23(31)28-20-12-26-30(5)22(20)24(32)27-19-11-25-29(4)16(19)3/h6-12H,13H2,1-5H3,(H,27,32)(H,28,31). The largest absolute Gasteiger partial charge is 0.486 e. The summed E-state index contributed by atoms with van der Waals surface area (Å²) in [4.78, 5) is 25.6. The molecule has 10 nitrogen and oxygen atoms in total. The molecule has 0 saturated heterocycles. The number of aromatic nitrogens is 4. The van der Waals surface area contributed by atoms with Crippen molar-refractivity contribution in [2.24, 2.45) is 14.1 Å². The van der Waals surface area contributed by atoms with Crippen molar-refractivity contribution in [3.05, 3.63) is 76.8 Å². The highest BCUT2D eigenvalue weighted by atomic mass is 16.5. The Bertz CT molecular complexity index is 1360. The zero-order chi connectivity index (χ0) is 24.4. The molecule has 0 atom stereocenters. The molecular formula is C24H26N6O4. The second-order valence-electron chi connectivity index (χ2n) is 8.01. The Morgan fingerprint density at radius 1 is 0.912 bits per heavy atom. The summed E-state index contributed by atoms with van der Waals surface area (Å²) < 4.78 is 14.4. The highest BCUT2D eigenvalue weighted by Crippen LogP contribution is 2.21. The number of hydrogen-bond acceptors (Lipinski definition) is 6. The van der Waals surface area contributed by atoms with Crippen molar-refractivity contribution in [3.8, 4) is 5.75 Å². The van der Waals surface area contributed by atoms with E-state index in [1.807, 2.05) is 39.0 Å². The van der Waals surface area contributed by atoms with Gasteiger partial charge in [0, 0.05) is 14.1 Å². The van der Waals surface area contributed by atoms with Gasteiger partial charge in [-0.15, -0.1) is 0 Å². The van der Waals surface area contributed by atoms with Crippen LogP contribution in [0.4, 0.5) is 11.4 Å². The summed E-state index contributed by atoms with van der Waals surface area (Å²) in [6.07, 6.45) is 2.97. The number of carbonyl (C=O) groups excluding carboxylic acids is 2. The van der Waals surface area contributed by atoms with E-state index in [0.29, 0.717) is 11.4 Å². The van der Waals surface area contributed by atoms with Crippen LogP contribution in [0.5, 0.6) is 5.75 Å². The number of benzene rings is 1. The number of aryl methyl sites for hydroxylation is 4. The van der Waals surface area contributed by atoms with E-state index in [2.05, 4.69) is 20.8 Å². The Balaban J connectivity index is 1.42. The molecule has 0 aliphatic carbocycles. The number of ether oxygens (including phenoxy) is 1. The molecule has 4 aromatic rings. The van der Waals surface area contributed by atoms with Crippen LogP contribution in [0.3, 0.4) is 0 Å². The first kappa shape index (κ1) is 22.8. The van der Waals surface area contributed by atoms with Crippen molar-refractivity contribution in [3.63, 3.8) is 0 Å². The monoisotopic (exact) mass is 462 g/mol. The molecule has 34 heavy (non-hydrogen) atoms. The van der Waals surface area contributed by atoms with Gasteiger partial charge in [0.05, 0.1) is 29.5 Å². The van der Waals surface area contributed by atoms with Crippen LogP contribution in [0.2, 0.25) is 0 Å². The molecule has 0 bridgehead atoms. The fourth-order valence-corrected chi connectivity index (χ4v) is 3.32. The van der Waals surface area contributed by atoms with Gasteiger partial charge in [-0.2, -0.15) is 10.2 Å². The van der Waals surface area contributed by atoms with Crippen LogP contribution < -0.4 is 15.4 Å². The normalized spacial score (nSPS) is 10.9. The van der Waals surface area contributed by atoms with Crippen molar-refractivity contribution in [1.82, 2.24) is 19.6 Å². The smallest absolute Gasteiger partial charge is 0.291 e. The summed E-state index contributed by atoms with van der Waals surface area (Å²) in [5.41, 5.74) is 4.14. The fourth-order valence-electron chi connectivity index (χ4n) is 3.32. The zero-order valence-corrected chi connectivity index (χ0v) is 19.7. The molecule has 0 spiro atoms. The highest BCUT2D eigenvalue weighted by molar-refractivity contribution is 6.11. The van der Waals surface area contributed by atoms with Gasteiger partial charge in [-0.05, 0) is 56.2 Å². The van der Waals surface area contributed by atoms with E-state index in [0.717, 1.165) is 17.0 Å². The van der Waals surface area contributed by atoms with Crippen molar-refractivity contribution in [1.29, 1.82) is 0 Å². The van der Waals surface area contributed by atoms with Gasteiger partial charge in [-0.3, -0.25) is 19.0 Å². The van der Waals surface area contributed by atoms with Crippen LogP contribution in [0, 0.1) is 20.8 Å². The first-order valence-electron chi connectivity index (χ1n) is 10.6. The molecule has 3 aromatic heterocycles. The van der Waals surface area contributed by atoms with Gasteiger partial charge < -0.3 is 19.8 Å². The van der Waals surface area contributed by atoms with E-state index in [4.69, 9.17) is 9.15 Å². The van der Waals surface area contributed by atoms with Gasteiger partial charge in [-0.1, -0.05) is 6.07 Å². The Hall–Kier alpha value is -4.34. The van der Waals surface area contributed by atoms with Gasteiger partial charge in [-0.25, -0.2) is 0 Å². The van der Waals surface area contributed by atoms with Crippen LogP contribution in [0.15, 0.2) is 47.1 Å². The maximum Gasteiger partial charge on any atom is 0.291 e. The first-order chi connectivity index (χ1) is 16.2. The van der Waals surface area contributed by atoms with Crippen molar-refractivity contribution in [2.45, 2.75) is 27.4 Å². The lowest BCUT2D eigenvalue weighted by Crippen LogP contribution is -2.20. The number of nitrogens with zero attached hydrogens (tertiary/aromatic N) is 4. The van der Waals surface area contributed by atoms with E-state index in [1.165, 1.54) is 16.4 Å². The molecule has 0 fully saturated rings. The van der Waals surface area contributed by atoms with Crippen molar-refractivity contribution < 1.29 is 18.7 Å². The van der Waals surface area contributed by atoms with Crippen molar-refractivity contribution >= 4 is 23.2 Å². The quantitative estimate of drug-likeness (QED) is 0.432. The average Bonchev–Trinajstić information content (AvgIpc) is 3.50. The third kappa shape index (κ3) is 4.70. The first-order valence-corrected chi connectivity index (χ1v) is 10.6. The van der Waals surface area contributed by atoms with E-state index < -0.39 is 11.8 Å². The summed E-state index contributed by atoms with van der Waals surface area (Å²) in [5, 5.41) is 13.7. The lowest BCUT2D eigenvalue weighted by molar-refractivity contribution is 0.0992. The predicted molar refractivity (Wildman–Crippen MR) is 126 cm³/mol. The van der Waals surface area contributed by atoms with Gasteiger partial charge in [0.2, 0.25) is 0 Å². The summed E-state index contributed by atoms with van der Waals surface area (Å²) >= 11 is 0. The molecule has 10 heteroatoms. The molecule has 0 aliphatic heterocycles. The maximum absolute atomic E-state index is 12.9. The number of carbonyl (C=O) groups is 2. The van der Waals surface area contributed by atoms with Crippen LogP contribution in [-0.2, 0) is 20.7 Å². The molecule has 2 N–H and O–H groups in total.